The predicted octanol–water partition coefficient (Wildman–Crippen LogP) is 3.63. The number of thiophene rings is 1. The fourth-order valence-electron chi connectivity index (χ4n) is 3.34. The number of sulfonamides is 1. The zero-order valence-corrected chi connectivity index (χ0v) is 20.2. The molecule has 0 spiro atoms. The summed E-state index contributed by atoms with van der Waals surface area (Å²) >= 11 is 7.55. The van der Waals surface area contributed by atoms with Crippen LogP contribution >= 0.6 is 22.9 Å². The van der Waals surface area contributed by atoms with E-state index in [1.165, 1.54) is 51.3 Å². The number of hydrazine groups is 1. The standard InChI is InChI=1S/C21H26ClN3O4S2/c1-12(2)25(4)31(28,29)15-6-7-17(22)16(11-15)20(26)23-24-21(27)19-10-14-9-13(3)5-8-18(14)30-19/h6-7,10-13H,5,8-9H2,1-4H3,(H,23,26)(H,24,27). The summed E-state index contributed by atoms with van der Waals surface area (Å²) in [7, 11) is -2.31. The highest BCUT2D eigenvalue weighted by molar-refractivity contribution is 7.89. The molecule has 0 bridgehead atoms. The van der Waals surface area contributed by atoms with E-state index in [2.05, 4.69) is 17.8 Å². The van der Waals surface area contributed by atoms with Gasteiger partial charge < -0.3 is 0 Å². The Hall–Kier alpha value is -1.94. The molecular weight excluding hydrogens is 458 g/mol. The molecule has 1 aliphatic rings. The maximum Gasteiger partial charge on any atom is 0.279 e. The lowest BCUT2D eigenvalue weighted by atomic mass is 9.90. The molecule has 0 saturated carbocycles. The van der Waals surface area contributed by atoms with Crippen LogP contribution < -0.4 is 10.9 Å². The minimum Gasteiger partial charge on any atom is -0.267 e. The third-order valence-electron chi connectivity index (χ3n) is 5.43. The molecule has 1 atom stereocenters. The van der Waals surface area contributed by atoms with Crippen LogP contribution in [0.1, 0.15) is 57.7 Å². The molecule has 2 N–H and O–H groups in total. The van der Waals surface area contributed by atoms with Gasteiger partial charge in [-0.3, -0.25) is 20.4 Å². The molecule has 168 valence electrons. The third kappa shape index (κ3) is 5.11. The van der Waals surface area contributed by atoms with Crippen LogP contribution in [0.2, 0.25) is 5.02 Å². The Morgan fingerprint density at radius 1 is 1.19 bits per heavy atom. The Morgan fingerprint density at radius 2 is 1.87 bits per heavy atom. The molecule has 7 nitrogen and oxygen atoms in total. The second-order valence-corrected chi connectivity index (χ2v) is 11.6. The average Bonchev–Trinajstić information content (AvgIpc) is 3.14. The van der Waals surface area contributed by atoms with Crippen molar-refractivity contribution in [2.75, 3.05) is 7.05 Å². The van der Waals surface area contributed by atoms with Crippen molar-refractivity contribution in [2.24, 2.45) is 5.92 Å². The summed E-state index contributed by atoms with van der Waals surface area (Å²) in [6, 6.07) is 5.54. The zero-order valence-electron chi connectivity index (χ0n) is 17.9. The second kappa shape index (κ2) is 9.28. The number of hydrogen-bond donors (Lipinski definition) is 2. The van der Waals surface area contributed by atoms with Gasteiger partial charge in [-0.1, -0.05) is 18.5 Å². The quantitative estimate of drug-likeness (QED) is 0.635. The maximum atomic E-state index is 12.7. The van der Waals surface area contributed by atoms with E-state index >= 15 is 0 Å². The smallest absolute Gasteiger partial charge is 0.267 e. The topological polar surface area (TPSA) is 95.6 Å². The van der Waals surface area contributed by atoms with E-state index in [-0.39, 0.29) is 21.5 Å². The van der Waals surface area contributed by atoms with E-state index in [0.717, 1.165) is 19.3 Å². The van der Waals surface area contributed by atoms with Crippen molar-refractivity contribution in [1.82, 2.24) is 15.2 Å². The minimum absolute atomic E-state index is 0.0421. The lowest BCUT2D eigenvalue weighted by molar-refractivity contribution is 0.0849. The van der Waals surface area contributed by atoms with Crippen LogP contribution in [-0.2, 0) is 22.9 Å². The molecule has 0 saturated heterocycles. The van der Waals surface area contributed by atoms with Crippen LogP contribution in [0.25, 0.3) is 0 Å². The third-order valence-corrected chi connectivity index (χ3v) is 9.02. The van der Waals surface area contributed by atoms with E-state index in [0.29, 0.717) is 10.8 Å². The van der Waals surface area contributed by atoms with Gasteiger partial charge in [0, 0.05) is 18.0 Å². The highest BCUT2D eigenvalue weighted by atomic mass is 35.5. The number of rotatable bonds is 5. The Labute approximate surface area is 191 Å². The number of halogens is 1. The number of benzene rings is 1. The lowest BCUT2D eigenvalue weighted by Crippen LogP contribution is -2.41. The number of amides is 2. The average molecular weight is 484 g/mol. The summed E-state index contributed by atoms with van der Waals surface area (Å²) in [6.07, 6.45) is 3.02. The summed E-state index contributed by atoms with van der Waals surface area (Å²) < 4.78 is 26.6. The fourth-order valence-corrected chi connectivity index (χ4v) is 6.04. The molecule has 1 aromatic carbocycles. The van der Waals surface area contributed by atoms with Gasteiger partial charge in [0.05, 0.1) is 20.4 Å². The van der Waals surface area contributed by atoms with Crippen LogP contribution in [0.3, 0.4) is 0 Å². The molecule has 1 aliphatic carbocycles. The number of aryl methyl sites for hydroxylation is 1. The fraction of sp³-hybridized carbons (Fsp3) is 0.429. The SMILES string of the molecule is CC1CCc2sc(C(=O)NNC(=O)c3cc(S(=O)(=O)N(C)C(C)C)ccc3Cl)cc2C1. The van der Waals surface area contributed by atoms with Gasteiger partial charge in [-0.05, 0) is 68.9 Å². The van der Waals surface area contributed by atoms with Crippen molar-refractivity contribution >= 4 is 44.8 Å². The van der Waals surface area contributed by atoms with Gasteiger partial charge in [0.25, 0.3) is 11.8 Å². The van der Waals surface area contributed by atoms with E-state index in [9.17, 15) is 18.0 Å². The largest absolute Gasteiger partial charge is 0.279 e. The monoisotopic (exact) mass is 483 g/mol. The highest BCUT2D eigenvalue weighted by Gasteiger charge is 2.25. The first-order valence-electron chi connectivity index (χ1n) is 10.0. The van der Waals surface area contributed by atoms with Crippen LogP contribution in [0.4, 0.5) is 0 Å². The molecule has 0 radical (unpaired) electrons. The minimum atomic E-state index is -3.78. The molecule has 1 aromatic heterocycles. The Kier molecular flexibility index (Phi) is 7.10. The highest BCUT2D eigenvalue weighted by Crippen LogP contribution is 2.32. The van der Waals surface area contributed by atoms with E-state index < -0.39 is 21.8 Å². The van der Waals surface area contributed by atoms with Crippen molar-refractivity contribution in [3.8, 4) is 0 Å². The van der Waals surface area contributed by atoms with E-state index in [1.54, 1.807) is 13.8 Å². The zero-order chi connectivity index (χ0) is 22.9. The molecule has 3 rings (SSSR count). The molecule has 1 heterocycles. The van der Waals surface area contributed by atoms with Gasteiger partial charge >= 0.3 is 0 Å². The Morgan fingerprint density at radius 3 is 2.55 bits per heavy atom. The summed E-state index contributed by atoms with van der Waals surface area (Å²) in [4.78, 5) is 26.8. The Bertz CT molecular complexity index is 1110. The number of hydrogen-bond acceptors (Lipinski definition) is 5. The van der Waals surface area contributed by atoms with Crippen molar-refractivity contribution in [1.29, 1.82) is 0 Å². The number of nitrogens with one attached hydrogen (secondary N) is 2. The number of carbonyl (C=O) groups excluding carboxylic acids is 2. The summed E-state index contributed by atoms with van der Waals surface area (Å²) in [5.41, 5.74) is 5.88. The number of carbonyl (C=O) groups is 2. The van der Waals surface area contributed by atoms with Gasteiger partial charge in [-0.15, -0.1) is 11.3 Å². The molecule has 2 aromatic rings. The Balaban J connectivity index is 1.73. The molecule has 31 heavy (non-hydrogen) atoms. The van der Waals surface area contributed by atoms with Crippen molar-refractivity contribution < 1.29 is 18.0 Å². The maximum absolute atomic E-state index is 12.7. The molecule has 1 unspecified atom stereocenters. The number of nitrogens with zero attached hydrogens (tertiary/aromatic N) is 1. The van der Waals surface area contributed by atoms with Gasteiger partial charge in [0.2, 0.25) is 10.0 Å². The first kappa shape index (κ1) is 23.7. The first-order valence-corrected chi connectivity index (χ1v) is 12.6. The normalized spacial score (nSPS) is 16.3. The molecule has 0 aliphatic heterocycles. The predicted molar refractivity (Wildman–Crippen MR) is 122 cm³/mol. The molecule has 10 heteroatoms. The summed E-state index contributed by atoms with van der Waals surface area (Å²) in [6.45, 7) is 5.69. The van der Waals surface area contributed by atoms with Crippen molar-refractivity contribution in [2.45, 2.75) is 51.0 Å². The van der Waals surface area contributed by atoms with Crippen LogP contribution in [0.5, 0.6) is 0 Å². The summed E-state index contributed by atoms with van der Waals surface area (Å²) in [5, 5.41) is 0.0819. The van der Waals surface area contributed by atoms with Crippen LogP contribution in [0.15, 0.2) is 29.2 Å². The van der Waals surface area contributed by atoms with Gasteiger partial charge in [0.1, 0.15) is 0 Å². The van der Waals surface area contributed by atoms with Crippen LogP contribution in [0, 0.1) is 5.92 Å². The van der Waals surface area contributed by atoms with E-state index in [1.807, 2.05) is 6.07 Å². The van der Waals surface area contributed by atoms with Crippen LogP contribution in [-0.4, -0.2) is 37.6 Å². The summed E-state index contributed by atoms with van der Waals surface area (Å²) in [5.74, 6) is -0.518. The molecule has 2 amide bonds. The first-order chi connectivity index (χ1) is 14.5. The van der Waals surface area contributed by atoms with Crippen molar-refractivity contribution in [3.63, 3.8) is 0 Å². The van der Waals surface area contributed by atoms with E-state index in [4.69, 9.17) is 11.6 Å². The number of fused-ring (bicyclic) bond motifs is 1. The lowest BCUT2D eigenvalue weighted by Gasteiger charge is -2.21. The second-order valence-electron chi connectivity index (χ2n) is 8.07. The van der Waals surface area contributed by atoms with Gasteiger partial charge in [-0.25, -0.2) is 8.42 Å². The van der Waals surface area contributed by atoms with Gasteiger partial charge in [0.15, 0.2) is 0 Å². The van der Waals surface area contributed by atoms with Gasteiger partial charge in [-0.2, -0.15) is 4.31 Å². The molecule has 0 fully saturated rings. The van der Waals surface area contributed by atoms with Crippen molar-refractivity contribution in [3.05, 3.63) is 50.2 Å². The molecular formula is C21H26ClN3O4S2.